The number of anilines is 1. The predicted octanol–water partition coefficient (Wildman–Crippen LogP) is 3.37. The molecular formula is C13H10BrFN2O. The Hall–Kier alpha value is -1.75. The fourth-order valence-electron chi connectivity index (χ4n) is 1.49. The molecule has 1 aromatic heterocycles. The zero-order valence-electron chi connectivity index (χ0n) is 9.36. The summed E-state index contributed by atoms with van der Waals surface area (Å²) in [5.41, 5.74) is 1.64. The second-order valence-corrected chi connectivity index (χ2v) is 4.20. The van der Waals surface area contributed by atoms with Crippen LogP contribution in [0.5, 0.6) is 0 Å². The number of nitrogens with zero attached hydrogens (tertiary/aromatic N) is 1. The van der Waals surface area contributed by atoms with Crippen molar-refractivity contribution in [3.8, 4) is 0 Å². The Morgan fingerprint density at radius 1 is 1.39 bits per heavy atom. The van der Waals surface area contributed by atoms with E-state index in [-0.39, 0.29) is 5.56 Å². The zero-order chi connectivity index (χ0) is 13.0. The van der Waals surface area contributed by atoms with Crippen LogP contribution in [0.25, 0.3) is 0 Å². The molecule has 3 nitrogen and oxygen atoms in total. The van der Waals surface area contributed by atoms with E-state index in [1.165, 1.54) is 12.3 Å². The van der Waals surface area contributed by atoms with Crippen molar-refractivity contribution in [1.29, 1.82) is 0 Å². The number of hydrogen-bond acceptors (Lipinski definition) is 2. The number of hydrogen-bond donors (Lipinski definition) is 1. The Labute approximate surface area is 112 Å². The number of amides is 1. The standard InChI is InChI=1S/C13H10BrFN2O/c14-7-9-2-1-3-10(6-9)17-13(18)11-4-5-16-8-12(11)15/h1-6,8H,7H2,(H,17,18). The summed E-state index contributed by atoms with van der Waals surface area (Å²) in [5, 5.41) is 3.34. The number of alkyl halides is 1. The molecule has 0 unspecified atom stereocenters. The van der Waals surface area contributed by atoms with Crippen LogP contribution in [0.4, 0.5) is 10.1 Å². The van der Waals surface area contributed by atoms with E-state index in [1.807, 2.05) is 18.2 Å². The van der Waals surface area contributed by atoms with Crippen LogP contribution in [0.3, 0.4) is 0 Å². The average Bonchev–Trinajstić information content (AvgIpc) is 2.39. The minimum absolute atomic E-state index is 0.0192. The molecule has 1 aromatic carbocycles. The molecule has 0 saturated carbocycles. The van der Waals surface area contributed by atoms with Gasteiger partial charge in [0.1, 0.15) is 0 Å². The Kier molecular flexibility index (Phi) is 4.04. The van der Waals surface area contributed by atoms with Crippen molar-refractivity contribution in [3.63, 3.8) is 0 Å². The predicted molar refractivity (Wildman–Crippen MR) is 71.2 cm³/mol. The van der Waals surface area contributed by atoms with Crippen molar-refractivity contribution in [2.45, 2.75) is 5.33 Å². The first kappa shape index (κ1) is 12.7. The molecule has 5 heteroatoms. The van der Waals surface area contributed by atoms with E-state index in [9.17, 15) is 9.18 Å². The number of nitrogens with one attached hydrogen (secondary N) is 1. The molecule has 92 valence electrons. The quantitative estimate of drug-likeness (QED) is 0.883. The average molecular weight is 309 g/mol. The van der Waals surface area contributed by atoms with Crippen LogP contribution in [-0.4, -0.2) is 10.9 Å². The molecule has 1 N–H and O–H groups in total. The third-order valence-corrected chi connectivity index (χ3v) is 3.00. The smallest absolute Gasteiger partial charge is 0.258 e. The summed E-state index contributed by atoms with van der Waals surface area (Å²) < 4.78 is 13.4. The molecule has 0 aliphatic heterocycles. The molecule has 0 atom stereocenters. The van der Waals surface area contributed by atoms with Gasteiger partial charge in [-0.25, -0.2) is 4.39 Å². The van der Waals surface area contributed by atoms with Gasteiger partial charge in [0.05, 0.1) is 11.8 Å². The van der Waals surface area contributed by atoms with Crippen molar-refractivity contribution in [1.82, 2.24) is 4.98 Å². The van der Waals surface area contributed by atoms with E-state index in [1.54, 1.807) is 6.07 Å². The summed E-state index contributed by atoms with van der Waals surface area (Å²) in [5.74, 6) is -1.12. The lowest BCUT2D eigenvalue weighted by molar-refractivity contribution is 0.102. The molecule has 0 saturated heterocycles. The number of halogens is 2. The van der Waals surface area contributed by atoms with Gasteiger partial charge in [-0.05, 0) is 23.8 Å². The summed E-state index contributed by atoms with van der Waals surface area (Å²) in [6, 6.07) is 8.68. The molecule has 0 fully saturated rings. The molecule has 0 bridgehead atoms. The number of aromatic nitrogens is 1. The molecule has 0 radical (unpaired) electrons. The van der Waals surface area contributed by atoms with E-state index >= 15 is 0 Å². The first-order valence-electron chi connectivity index (χ1n) is 5.26. The van der Waals surface area contributed by atoms with Crippen LogP contribution in [0.15, 0.2) is 42.7 Å². The van der Waals surface area contributed by atoms with Crippen LogP contribution in [-0.2, 0) is 5.33 Å². The lowest BCUT2D eigenvalue weighted by Crippen LogP contribution is -2.13. The van der Waals surface area contributed by atoms with Gasteiger partial charge in [0.25, 0.3) is 5.91 Å². The van der Waals surface area contributed by atoms with Crippen molar-refractivity contribution in [2.24, 2.45) is 0 Å². The van der Waals surface area contributed by atoms with E-state index < -0.39 is 11.7 Å². The summed E-state index contributed by atoms with van der Waals surface area (Å²) >= 11 is 3.33. The fourth-order valence-corrected chi connectivity index (χ4v) is 1.84. The molecule has 18 heavy (non-hydrogen) atoms. The third-order valence-electron chi connectivity index (χ3n) is 2.36. The first-order chi connectivity index (χ1) is 8.70. The van der Waals surface area contributed by atoms with E-state index in [4.69, 9.17) is 0 Å². The molecule has 0 aliphatic rings. The molecule has 2 aromatic rings. The molecule has 2 rings (SSSR count). The summed E-state index contributed by atoms with van der Waals surface area (Å²) in [4.78, 5) is 15.4. The minimum atomic E-state index is -0.633. The lowest BCUT2D eigenvalue weighted by atomic mass is 10.2. The SMILES string of the molecule is O=C(Nc1cccc(CBr)c1)c1ccncc1F. The normalized spacial score (nSPS) is 10.1. The minimum Gasteiger partial charge on any atom is -0.322 e. The second-order valence-electron chi connectivity index (χ2n) is 3.64. The van der Waals surface area contributed by atoms with Crippen molar-refractivity contribution >= 4 is 27.5 Å². The largest absolute Gasteiger partial charge is 0.322 e. The number of carbonyl (C=O) groups is 1. The number of rotatable bonds is 3. The number of carbonyl (C=O) groups excluding carboxylic acids is 1. The highest BCUT2D eigenvalue weighted by Crippen LogP contribution is 2.15. The van der Waals surface area contributed by atoms with Crippen molar-refractivity contribution in [2.75, 3.05) is 5.32 Å². The van der Waals surface area contributed by atoms with Gasteiger partial charge in [-0.1, -0.05) is 28.1 Å². The Morgan fingerprint density at radius 3 is 2.94 bits per heavy atom. The Morgan fingerprint density at radius 2 is 2.22 bits per heavy atom. The summed E-state index contributed by atoms with van der Waals surface area (Å²) in [6.45, 7) is 0. The first-order valence-corrected chi connectivity index (χ1v) is 6.38. The maximum Gasteiger partial charge on any atom is 0.258 e. The molecule has 1 heterocycles. The highest BCUT2D eigenvalue weighted by Gasteiger charge is 2.11. The van der Waals surface area contributed by atoms with E-state index in [0.717, 1.165) is 11.8 Å². The monoisotopic (exact) mass is 308 g/mol. The molecule has 0 spiro atoms. The van der Waals surface area contributed by atoms with Crippen LogP contribution in [0.2, 0.25) is 0 Å². The van der Waals surface area contributed by atoms with Gasteiger partial charge in [0.15, 0.2) is 5.82 Å². The van der Waals surface area contributed by atoms with Crippen LogP contribution < -0.4 is 5.32 Å². The van der Waals surface area contributed by atoms with Gasteiger partial charge in [0, 0.05) is 17.2 Å². The molecule has 0 aliphatic carbocycles. The maximum atomic E-state index is 13.4. The number of benzene rings is 1. The lowest BCUT2D eigenvalue weighted by Gasteiger charge is -2.06. The maximum absolute atomic E-state index is 13.4. The summed E-state index contributed by atoms with van der Waals surface area (Å²) in [6.07, 6.45) is 2.40. The van der Waals surface area contributed by atoms with Crippen LogP contribution in [0.1, 0.15) is 15.9 Å². The van der Waals surface area contributed by atoms with E-state index in [0.29, 0.717) is 11.0 Å². The van der Waals surface area contributed by atoms with Gasteiger partial charge in [-0.3, -0.25) is 9.78 Å². The van der Waals surface area contributed by atoms with Gasteiger partial charge >= 0.3 is 0 Å². The Balaban J connectivity index is 2.19. The third kappa shape index (κ3) is 2.92. The van der Waals surface area contributed by atoms with Crippen LogP contribution >= 0.6 is 15.9 Å². The topological polar surface area (TPSA) is 42.0 Å². The number of pyridine rings is 1. The van der Waals surface area contributed by atoms with Crippen molar-refractivity contribution in [3.05, 3.63) is 59.7 Å². The van der Waals surface area contributed by atoms with Gasteiger partial charge in [-0.15, -0.1) is 0 Å². The van der Waals surface area contributed by atoms with Crippen molar-refractivity contribution < 1.29 is 9.18 Å². The highest BCUT2D eigenvalue weighted by molar-refractivity contribution is 9.08. The molecular weight excluding hydrogens is 299 g/mol. The van der Waals surface area contributed by atoms with E-state index in [2.05, 4.69) is 26.2 Å². The fraction of sp³-hybridized carbons (Fsp3) is 0.0769. The Bertz CT molecular complexity index is 574. The molecule has 1 amide bonds. The van der Waals surface area contributed by atoms with Gasteiger partial charge in [0.2, 0.25) is 0 Å². The van der Waals surface area contributed by atoms with Gasteiger partial charge < -0.3 is 5.32 Å². The summed E-state index contributed by atoms with van der Waals surface area (Å²) in [7, 11) is 0. The van der Waals surface area contributed by atoms with Crippen LogP contribution in [0, 0.1) is 5.82 Å². The second kappa shape index (κ2) is 5.73. The zero-order valence-corrected chi connectivity index (χ0v) is 10.9. The highest BCUT2D eigenvalue weighted by atomic mass is 79.9. The van der Waals surface area contributed by atoms with Gasteiger partial charge in [-0.2, -0.15) is 0 Å².